The molecule has 0 unspecified atom stereocenters. The Morgan fingerprint density at radius 2 is 2.08 bits per heavy atom. The summed E-state index contributed by atoms with van der Waals surface area (Å²) < 4.78 is 39.1. The monoisotopic (exact) mass is 379 g/mol. The van der Waals surface area contributed by atoms with Crippen LogP contribution in [0, 0.1) is 5.82 Å². The van der Waals surface area contributed by atoms with Crippen molar-refractivity contribution < 1.29 is 18.0 Å². The molecule has 5 nitrogen and oxygen atoms in total. The SMILES string of the molecule is O=C(Nc1cc(F)c(=O)n(CC(F)F)c1)c1ccc(-c2ccccn2)s1. The van der Waals surface area contributed by atoms with E-state index in [1.807, 2.05) is 6.07 Å². The molecule has 0 radical (unpaired) electrons. The van der Waals surface area contributed by atoms with E-state index in [9.17, 15) is 22.8 Å². The molecule has 0 aliphatic heterocycles. The number of anilines is 1. The van der Waals surface area contributed by atoms with Crippen LogP contribution in [0.2, 0.25) is 0 Å². The van der Waals surface area contributed by atoms with Crippen molar-refractivity contribution >= 4 is 22.9 Å². The van der Waals surface area contributed by atoms with E-state index >= 15 is 0 Å². The summed E-state index contributed by atoms with van der Waals surface area (Å²) in [5, 5.41) is 2.41. The molecule has 0 spiro atoms. The number of thiophene rings is 1. The molecule has 26 heavy (non-hydrogen) atoms. The standard InChI is InChI=1S/C17H12F3N3O2S/c18-11-7-10(8-23(17(11)25)9-15(19)20)22-16(24)14-5-4-13(26-14)12-3-1-2-6-21-12/h1-8,15H,9H2,(H,22,24). The van der Waals surface area contributed by atoms with Gasteiger partial charge in [-0.05, 0) is 24.3 Å². The van der Waals surface area contributed by atoms with E-state index in [0.717, 1.165) is 17.1 Å². The number of hydrogen-bond donors (Lipinski definition) is 1. The molecule has 3 rings (SSSR count). The van der Waals surface area contributed by atoms with E-state index in [2.05, 4.69) is 10.3 Å². The summed E-state index contributed by atoms with van der Waals surface area (Å²) in [6, 6.07) is 9.48. The Morgan fingerprint density at radius 3 is 2.77 bits per heavy atom. The van der Waals surface area contributed by atoms with Crippen LogP contribution < -0.4 is 10.9 Å². The molecule has 0 bridgehead atoms. The fourth-order valence-corrected chi connectivity index (χ4v) is 3.13. The topological polar surface area (TPSA) is 64.0 Å². The molecule has 3 aromatic heterocycles. The minimum absolute atomic E-state index is 0.0828. The highest BCUT2D eigenvalue weighted by atomic mass is 32.1. The maximum Gasteiger partial charge on any atom is 0.286 e. The number of carbonyl (C=O) groups is 1. The van der Waals surface area contributed by atoms with Crippen LogP contribution in [0.25, 0.3) is 10.6 Å². The smallest absolute Gasteiger partial charge is 0.286 e. The molecule has 1 N–H and O–H groups in total. The van der Waals surface area contributed by atoms with Crippen molar-refractivity contribution in [1.82, 2.24) is 9.55 Å². The van der Waals surface area contributed by atoms with Gasteiger partial charge < -0.3 is 9.88 Å². The van der Waals surface area contributed by atoms with Gasteiger partial charge in [-0.1, -0.05) is 6.07 Å². The Hall–Kier alpha value is -2.94. The molecule has 0 saturated heterocycles. The second-order valence-corrected chi connectivity index (χ2v) is 6.34. The van der Waals surface area contributed by atoms with E-state index in [-0.39, 0.29) is 5.69 Å². The number of amides is 1. The van der Waals surface area contributed by atoms with Gasteiger partial charge in [0.1, 0.15) is 0 Å². The van der Waals surface area contributed by atoms with E-state index in [4.69, 9.17) is 0 Å². The Labute approximate surface area is 149 Å². The normalized spacial score (nSPS) is 10.9. The number of hydrogen-bond acceptors (Lipinski definition) is 4. The van der Waals surface area contributed by atoms with Gasteiger partial charge in [-0.15, -0.1) is 11.3 Å². The van der Waals surface area contributed by atoms with Crippen molar-refractivity contribution in [2.45, 2.75) is 13.0 Å². The fraction of sp³-hybridized carbons (Fsp3) is 0.118. The molecule has 9 heteroatoms. The first-order valence-corrected chi connectivity index (χ1v) is 8.26. The van der Waals surface area contributed by atoms with Gasteiger partial charge >= 0.3 is 0 Å². The second kappa shape index (κ2) is 7.52. The Balaban J connectivity index is 1.81. The average molecular weight is 379 g/mol. The van der Waals surface area contributed by atoms with Crippen molar-refractivity contribution in [3.05, 3.63) is 69.8 Å². The van der Waals surface area contributed by atoms with E-state index in [1.54, 1.807) is 30.5 Å². The summed E-state index contributed by atoms with van der Waals surface area (Å²) >= 11 is 1.18. The largest absolute Gasteiger partial charge is 0.320 e. The van der Waals surface area contributed by atoms with E-state index < -0.39 is 30.3 Å². The summed E-state index contributed by atoms with van der Waals surface area (Å²) in [5.74, 6) is -1.76. The van der Waals surface area contributed by atoms with Crippen LogP contribution in [-0.4, -0.2) is 21.9 Å². The number of alkyl halides is 2. The molecule has 3 aromatic rings. The zero-order valence-corrected chi connectivity index (χ0v) is 14.0. The first kappa shape index (κ1) is 17.9. The highest BCUT2D eigenvalue weighted by Gasteiger charge is 2.15. The number of pyridine rings is 2. The molecule has 0 atom stereocenters. The molecule has 0 aromatic carbocycles. The van der Waals surface area contributed by atoms with Crippen LogP contribution in [0.5, 0.6) is 0 Å². The number of nitrogens with zero attached hydrogens (tertiary/aromatic N) is 2. The van der Waals surface area contributed by atoms with Crippen LogP contribution in [0.1, 0.15) is 9.67 Å². The molecule has 0 aliphatic rings. The van der Waals surface area contributed by atoms with Crippen molar-refractivity contribution in [3.8, 4) is 10.6 Å². The molecule has 0 saturated carbocycles. The Morgan fingerprint density at radius 1 is 1.27 bits per heavy atom. The quantitative estimate of drug-likeness (QED) is 0.736. The van der Waals surface area contributed by atoms with Gasteiger partial charge in [0.15, 0.2) is 5.82 Å². The van der Waals surface area contributed by atoms with Gasteiger partial charge in [0.25, 0.3) is 17.9 Å². The van der Waals surface area contributed by atoms with Gasteiger partial charge in [0.05, 0.1) is 27.7 Å². The second-order valence-electron chi connectivity index (χ2n) is 5.26. The molecular weight excluding hydrogens is 367 g/mol. The maximum atomic E-state index is 13.6. The molecule has 134 valence electrons. The summed E-state index contributed by atoms with van der Waals surface area (Å²) in [6.45, 7) is -0.956. The van der Waals surface area contributed by atoms with E-state index in [1.165, 1.54) is 11.3 Å². The third kappa shape index (κ3) is 3.99. The third-order valence-electron chi connectivity index (χ3n) is 3.38. The van der Waals surface area contributed by atoms with Crippen LogP contribution in [-0.2, 0) is 6.54 Å². The summed E-state index contributed by atoms with van der Waals surface area (Å²) in [6.07, 6.45) is -0.205. The van der Waals surface area contributed by atoms with Crippen LogP contribution in [0.4, 0.5) is 18.9 Å². The van der Waals surface area contributed by atoms with Gasteiger partial charge in [-0.2, -0.15) is 0 Å². The lowest BCUT2D eigenvalue weighted by atomic mass is 10.3. The number of carbonyl (C=O) groups excluding carboxylic acids is 1. The van der Waals surface area contributed by atoms with Gasteiger partial charge in [-0.25, -0.2) is 13.2 Å². The number of halogens is 3. The Bertz CT molecular complexity index is 986. The van der Waals surface area contributed by atoms with Crippen molar-refractivity contribution in [2.75, 3.05) is 5.32 Å². The highest BCUT2D eigenvalue weighted by molar-refractivity contribution is 7.17. The Kier molecular flexibility index (Phi) is 5.17. The predicted octanol–water partition coefficient (Wildman–Crippen LogP) is 3.63. The zero-order chi connectivity index (χ0) is 18.7. The van der Waals surface area contributed by atoms with Crippen LogP contribution in [0.3, 0.4) is 0 Å². The van der Waals surface area contributed by atoms with Gasteiger partial charge in [-0.3, -0.25) is 14.6 Å². The highest BCUT2D eigenvalue weighted by Crippen LogP contribution is 2.26. The van der Waals surface area contributed by atoms with Crippen molar-refractivity contribution in [3.63, 3.8) is 0 Å². The number of aromatic nitrogens is 2. The molecule has 1 amide bonds. The summed E-state index contributed by atoms with van der Waals surface area (Å²) in [7, 11) is 0. The lowest BCUT2D eigenvalue weighted by Gasteiger charge is -2.09. The first-order chi connectivity index (χ1) is 12.4. The molecule has 3 heterocycles. The average Bonchev–Trinajstić information content (AvgIpc) is 3.10. The molecular formula is C17H12F3N3O2S. The summed E-state index contributed by atoms with van der Waals surface area (Å²) in [5.41, 5.74) is -0.550. The third-order valence-corrected chi connectivity index (χ3v) is 4.49. The minimum Gasteiger partial charge on any atom is -0.320 e. The van der Waals surface area contributed by atoms with E-state index in [0.29, 0.717) is 15.1 Å². The lowest BCUT2D eigenvalue weighted by Crippen LogP contribution is -2.26. The molecule has 0 aliphatic carbocycles. The minimum atomic E-state index is -2.82. The number of rotatable bonds is 5. The zero-order valence-electron chi connectivity index (χ0n) is 13.2. The maximum absolute atomic E-state index is 13.6. The van der Waals surface area contributed by atoms with Crippen LogP contribution >= 0.6 is 11.3 Å². The fourth-order valence-electron chi connectivity index (χ4n) is 2.25. The predicted molar refractivity (Wildman–Crippen MR) is 92.2 cm³/mol. The molecule has 0 fully saturated rings. The van der Waals surface area contributed by atoms with Gasteiger partial charge in [0.2, 0.25) is 0 Å². The van der Waals surface area contributed by atoms with Crippen molar-refractivity contribution in [1.29, 1.82) is 0 Å². The van der Waals surface area contributed by atoms with Crippen molar-refractivity contribution in [2.24, 2.45) is 0 Å². The van der Waals surface area contributed by atoms with Crippen LogP contribution in [0.15, 0.2) is 53.6 Å². The first-order valence-electron chi connectivity index (χ1n) is 7.45. The lowest BCUT2D eigenvalue weighted by molar-refractivity contribution is 0.103. The van der Waals surface area contributed by atoms with Gasteiger partial charge in [0, 0.05) is 18.5 Å². The number of nitrogens with one attached hydrogen (secondary N) is 1. The summed E-state index contributed by atoms with van der Waals surface area (Å²) in [4.78, 5) is 29.1.